The highest BCUT2D eigenvalue weighted by Gasteiger charge is 2.49. The highest BCUT2D eigenvalue weighted by molar-refractivity contribution is 6.31. The highest BCUT2D eigenvalue weighted by atomic mass is 35.5. The lowest BCUT2D eigenvalue weighted by Gasteiger charge is -2.45. The molecule has 46 heavy (non-hydrogen) atoms. The number of carbonyl (C=O) groups excluding carboxylic acids is 4. The summed E-state index contributed by atoms with van der Waals surface area (Å²) in [6.07, 6.45) is 0.681. The second-order valence-electron chi connectivity index (χ2n) is 11.7. The number of likely N-dealkylation sites (tertiary alicyclic amines) is 1. The van der Waals surface area contributed by atoms with Crippen molar-refractivity contribution in [2.75, 3.05) is 36.1 Å². The molecule has 0 radical (unpaired) electrons. The number of anilines is 3. The number of ether oxygens (including phenoxy) is 2. The van der Waals surface area contributed by atoms with Crippen molar-refractivity contribution >= 4 is 52.7 Å². The van der Waals surface area contributed by atoms with Crippen LogP contribution in [0.15, 0.2) is 48.5 Å². The maximum atomic E-state index is 15.5. The van der Waals surface area contributed by atoms with E-state index in [1.807, 2.05) is 0 Å². The van der Waals surface area contributed by atoms with Gasteiger partial charge in [-0.3, -0.25) is 20.2 Å². The van der Waals surface area contributed by atoms with E-state index in [9.17, 15) is 19.2 Å². The quantitative estimate of drug-likeness (QED) is 0.270. The van der Waals surface area contributed by atoms with Crippen LogP contribution >= 0.6 is 11.6 Å². The Kier molecular flexibility index (Phi) is 8.56. The Hall–Kier alpha value is -4.71. The standard InChI is InChI=1S/C33H31ClF2N4O6/c1-45-31(43)37-21-7-8-22-18-13-19(15-20(35)14-18)23(5-2-3-6-27(41)38-26(22)16-21)30(42)40-12-4-11-33(17-40)28-25(39-32(44)46-33)10-9-24(34)29(28)36/h7-10,13-16,23H,2-6,11-12,17H2,1H3,(H,37,43)(H,38,41)(H,39,44)/t23-,33+/m1/s1. The number of hydrogen-bond donors (Lipinski definition) is 3. The predicted molar refractivity (Wildman–Crippen MR) is 167 cm³/mol. The minimum absolute atomic E-state index is 0.0903. The van der Waals surface area contributed by atoms with E-state index in [2.05, 4.69) is 20.7 Å². The van der Waals surface area contributed by atoms with E-state index in [0.717, 1.165) is 0 Å². The Morgan fingerprint density at radius 2 is 1.87 bits per heavy atom. The molecule has 3 N–H and O–H groups in total. The summed E-state index contributed by atoms with van der Waals surface area (Å²) in [7, 11) is 1.23. The number of amides is 4. The van der Waals surface area contributed by atoms with Gasteiger partial charge in [-0.25, -0.2) is 18.4 Å². The number of carbonyl (C=O) groups is 4. The molecule has 0 aliphatic carbocycles. The van der Waals surface area contributed by atoms with Crippen LogP contribution in [0.1, 0.15) is 55.6 Å². The van der Waals surface area contributed by atoms with Gasteiger partial charge in [0.15, 0.2) is 11.4 Å². The summed E-state index contributed by atoms with van der Waals surface area (Å²) in [5.74, 6) is -2.70. The van der Waals surface area contributed by atoms with Crippen molar-refractivity contribution in [3.63, 3.8) is 0 Å². The zero-order valence-corrected chi connectivity index (χ0v) is 25.6. The van der Waals surface area contributed by atoms with Gasteiger partial charge in [-0.1, -0.05) is 30.2 Å². The lowest BCUT2D eigenvalue weighted by Crippen LogP contribution is -2.54. The Morgan fingerprint density at radius 3 is 2.67 bits per heavy atom. The van der Waals surface area contributed by atoms with Gasteiger partial charge in [-0.15, -0.1) is 0 Å². The molecule has 13 heteroatoms. The number of piperidine rings is 1. The summed E-state index contributed by atoms with van der Waals surface area (Å²) in [6, 6.07) is 12.0. The van der Waals surface area contributed by atoms with E-state index < -0.39 is 35.3 Å². The number of benzene rings is 3. The van der Waals surface area contributed by atoms with Crippen LogP contribution in [0.25, 0.3) is 11.1 Å². The molecule has 3 heterocycles. The number of nitrogens with one attached hydrogen (secondary N) is 3. The Bertz CT molecular complexity index is 1750. The molecule has 3 aliphatic rings. The Morgan fingerprint density at radius 1 is 1.04 bits per heavy atom. The summed E-state index contributed by atoms with van der Waals surface area (Å²) >= 11 is 6.12. The topological polar surface area (TPSA) is 126 Å². The molecule has 0 unspecified atom stereocenters. The zero-order valence-electron chi connectivity index (χ0n) is 24.9. The third-order valence-corrected chi connectivity index (χ3v) is 8.94. The maximum absolute atomic E-state index is 15.5. The van der Waals surface area contributed by atoms with E-state index in [4.69, 9.17) is 16.3 Å². The molecule has 1 spiro atoms. The number of nitrogens with zero attached hydrogens (tertiary/aromatic N) is 1. The van der Waals surface area contributed by atoms with Gasteiger partial charge in [-0.2, -0.15) is 0 Å². The summed E-state index contributed by atoms with van der Waals surface area (Å²) in [6.45, 7) is 0.215. The van der Waals surface area contributed by atoms with Gasteiger partial charge in [0, 0.05) is 24.2 Å². The number of methoxy groups -OCH3 is 1. The third-order valence-electron chi connectivity index (χ3n) is 8.65. The van der Waals surface area contributed by atoms with Crippen LogP contribution in [0.2, 0.25) is 5.02 Å². The molecule has 0 aromatic heterocycles. The van der Waals surface area contributed by atoms with Crippen LogP contribution in [-0.2, 0) is 24.7 Å². The molecule has 10 nitrogen and oxygen atoms in total. The number of hydrogen-bond acceptors (Lipinski definition) is 6. The van der Waals surface area contributed by atoms with E-state index >= 15 is 8.78 Å². The fourth-order valence-corrected chi connectivity index (χ4v) is 6.73. The molecular weight excluding hydrogens is 622 g/mol. The third kappa shape index (κ3) is 6.09. The Labute approximate surface area is 268 Å². The second kappa shape index (κ2) is 12.6. The van der Waals surface area contributed by atoms with E-state index in [1.165, 1.54) is 31.4 Å². The lowest BCUT2D eigenvalue weighted by molar-refractivity contribution is -0.141. The van der Waals surface area contributed by atoms with Crippen molar-refractivity contribution in [3.05, 3.63) is 76.3 Å². The summed E-state index contributed by atoms with van der Waals surface area (Å²) in [5.41, 5.74) is 0.920. The fraction of sp³-hybridized carbons (Fsp3) is 0.333. The van der Waals surface area contributed by atoms with Gasteiger partial charge in [0.25, 0.3) is 0 Å². The van der Waals surface area contributed by atoms with Crippen molar-refractivity contribution in [2.24, 2.45) is 0 Å². The van der Waals surface area contributed by atoms with E-state index in [0.29, 0.717) is 60.3 Å². The minimum Gasteiger partial charge on any atom is -0.453 e. The minimum atomic E-state index is -1.45. The highest BCUT2D eigenvalue weighted by Crippen LogP contribution is 2.46. The summed E-state index contributed by atoms with van der Waals surface area (Å²) in [4.78, 5) is 53.1. The summed E-state index contributed by atoms with van der Waals surface area (Å²) < 4.78 is 41.1. The molecule has 240 valence electrons. The van der Waals surface area contributed by atoms with Crippen molar-refractivity contribution < 1.29 is 37.4 Å². The molecule has 3 aromatic carbocycles. The number of halogens is 3. The summed E-state index contributed by atoms with van der Waals surface area (Å²) in [5, 5.41) is 7.80. The van der Waals surface area contributed by atoms with Crippen LogP contribution in [-0.4, -0.2) is 49.1 Å². The van der Waals surface area contributed by atoms with Crippen LogP contribution in [0.4, 0.5) is 35.4 Å². The molecule has 2 bridgehead atoms. The first-order valence-corrected chi connectivity index (χ1v) is 15.3. The van der Waals surface area contributed by atoms with Gasteiger partial charge in [0.2, 0.25) is 11.8 Å². The molecule has 6 rings (SSSR count). The first-order chi connectivity index (χ1) is 22.1. The predicted octanol–water partition coefficient (Wildman–Crippen LogP) is 7.14. The lowest BCUT2D eigenvalue weighted by atomic mass is 9.82. The first kappa shape index (κ1) is 31.3. The average Bonchev–Trinajstić information content (AvgIpc) is 3.01. The Balaban J connectivity index is 1.37. The maximum Gasteiger partial charge on any atom is 0.412 e. The molecule has 3 aromatic rings. The van der Waals surface area contributed by atoms with Crippen molar-refractivity contribution in [1.29, 1.82) is 0 Å². The van der Waals surface area contributed by atoms with E-state index in [-0.39, 0.29) is 47.5 Å². The van der Waals surface area contributed by atoms with Crippen LogP contribution in [0.3, 0.4) is 0 Å². The van der Waals surface area contributed by atoms with Gasteiger partial charge >= 0.3 is 12.2 Å². The normalized spacial score (nSPS) is 21.0. The van der Waals surface area contributed by atoms with Crippen molar-refractivity contribution in [3.8, 4) is 11.1 Å². The monoisotopic (exact) mass is 652 g/mol. The van der Waals surface area contributed by atoms with Gasteiger partial charge in [0.05, 0.1) is 41.5 Å². The fourth-order valence-electron chi connectivity index (χ4n) is 6.58. The SMILES string of the molecule is COC(=O)Nc1ccc2c(c1)NC(=O)CCCC[C@@H](C(=O)N1CCC[C@@]3(C1)OC(=O)Nc1ccc(Cl)c(F)c13)c1cc(F)cc-2c1. The van der Waals surface area contributed by atoms with Crippen LogP contribution in [0, 0.1) is 11.6 Å². The second-order valence-corrected chi connectivity index (χ2v) is 12.1. The van der Waals surface area contributed by atoms with E-state index in [1.54, 1.807) is 29.2 Å². The van der Waals surface area contributed by atoms with Gasteiger partial charge in [0.1, 0.15) is 5.82 Å². The molecule has 1 fully saturated rings. The number of rotatable bonds is 2. The van der Waals surface area contributed by atoms with Crippen molar-refractivity contribution in [2.45, 2.75) is 50.0 Å². The van der Waals surface area contributed by atoms with Gasteiger partial charge in [-0.05, 0) is 73.2 Å². The van der Waals surface area contributed by atoms with Crippen LogP contribution < -0.4 is 16.0 Å². The molecule has 3 aliphatic heterocycles. The molecular formula is C33H31ClF2N4O6. The van der Waals surface area contributed by atoms with Crippen LogP contribution in [0.5, 0.6) is 0 Å². The smallest absolute Gasteiger partial charge is 0.412 e. The molecule has 0 saturated carbocycles. The molecule has 1 saturated heterocycles. The zero-order chi connectivity index (χ0) is 32.6. The largest absolute Gasteiger partial charge is 0.453 e. The average molecular weight is 653 g/mol. The molecule has 4 amide bonds. The molecule has 2 atom stereocenters. The van der Waals surface area contributed by atoms with Gasteiger partial charge < -0.3 is 19.7 Å². The van der Waals surface area contributed by atoms with Crippen molar-refractivity contribution in [1.82, 2.24) is 4.90 Å². The number of fused-ring (bicyclic) bond motifs is 6. The first-order valence-electron chi connectivity index (χ1n) is 14.9.